The van der Waals surface area contributed by atoms with Crippen LogP contribution >= 0.6 is 0 Å². The summed E-state index contributed by atoms with van der Waals surface area (Å²) in [6, 6.07) is 0.301. The quantitative estimate of drug-likeness (QED) is 0.466. The Morgan fingerprint density at radius 3 is 2.70 bits per heavy atom. The summed E-state index contributed by atoms with van der Waals surface area (Å²) in [7, 11) is 0. The van der Waals surface area contributed by atoms with Crippen molar-refractivity contribution in [3.8, 4) is 0 Å². The van der Waals surface area contributed by atoms with Gasteiger partial charge >= 0.3 is 0 Å². The van der Waals surface area contributed by atoms with Gasteiger partial charge in [-0.15, -0.1) is 6.58 Å². The SMILES string of the molecule is C=CC(O)C=NC(C)CC. The van der Waals surface area contributed by atoms with Gasteiger partial charge in [0.1, 0.15) is 6.10 Å². The normalized spacial score (nSPS) is 17.1. The standard InChI is InChI=1S/C8H15NO/c1-4-7(3)9-6-8(10)5-2/h5-8,10H,2,4H2,1,3H3. The van der Waals surface area contributed by atoms with Crippen LogP contribution in [0.25, 0.3) is 0 Å². The van der Waals surface area contributed by atoms with Crippen LogP contribution in [-0.2, 0) is 0 Å². The molecule has 2 heteroatoms. The average Bonchev–Trinajstić information content (AvgIpc) is 1.99. The Kier molecular flexibility index (Phi) is 4.85. The summed E-state index contributed by atoms with van der Waals surface area (Å²) in [6.45, 7) is 7.49. The summed E-state index contributed by atoms with van der Waals surface area (Å²) in [6.07, 6.45) is 3.38. The minimum Gasteiger partial charge on any atom is -0.383 e. The molecule has 0 saturated heterocycles. The third-order valence-electron chi connectivity index (χ3n) is 1.33. The molecule has 2 atom stereocenters. The van der Waals surface area contributed by atoms with Crippen LogP contribution in [0.15, 0.2) is 17.6 Å². The van der Waals surface area contributed by atoms with E-state index < -0.39 is 6.10 Å². The molecule has 0 aliphatic rings. The third-order valence-corrected chi connectivity index (χ3v) is 1.33. The first-order valence-corrected chi connectivity index (χ1v) is 3.54. The summed E-state index contributed by atoms with van der Waals surface area (Å²) in [5.41, 5.74) is 0. The molecule has 10 heavy (non-hydrogen) atoms. The molecule has 0 bridgehead atoms. The van der Waals surface area contributed by atoms with Gasteiger partial charge in [-0.25, -0.2) is 0 Å². The Labute approximate surface area is 62.3 Å². The number of rotatable bonds is 4. The smallest absolute Gasteiger partial charge is 0.107 e. The minimum absolute atomic E-state index is 0.301. The number of aliphatic imine (C=N–C) groups is 1. The first-order valence-electron chi connectivity index (χ1n) is 3.54. The van der Waals surface area contributed by atoms with Crippen LogP contribution in [0.5, 0.6) is 0 Å². The van der Waals surface area contributed by atoms with Gasteiger partial charge in [-0.2, -0.15) is 0 Å². The highest BCUT2D eigenvalue weighted by Gasteiger charge is 1.93. The van der Waals surface area contributed by atoms with Gasteiger partial charge in [0.05, 0.1) is 0 Å². The van der Waals surface area contributed by atoms with Crippen molar-refractivity contribution in [3.05, 3.63) is 12.7 Å². The van der Waals surface area contributed by atoms with E-state index >= 15 is 0 Å². The zero-order valence-electron chi connectivity index (χ0n) is 6.62. The molecule has 2 unspecified atom stereocenters. The van der Waals surface area contributed by atoms with Crippen LogP contribution in [0, 0.1) is 0 Å². The molecule has 0 radical (unpaired) electrons. The monoisotopic (exact) mass is 141 g/mol. The molecule has 0 fully saturated rings. The van der Waals surface area contributed by atoms with Crippen molar-refractivity contribution in [2.45, 2.75) is 32.4 Å². The van der Waals surface area contributed by atoms with Crippen molar-refractivity contribution in [1.29, 1.82) is 0 Å². The third kappa shape index (κ3) is 4.27. The van der Waals surface area contributed by atoms with Crippen LogP contribution in [-0.4, -0.2) is 23.5 Å². The van der Waals surface area contributed by atoms with E-state index in [9.17, 15) is 0 Å². The lowest BCUT2D eigenvalue weighted by Gasteiger charge is -2.00. The van der Waals surface area contributed by atoms with Crippen molar-refractivity contribution in [3.63, 3.8) is 0 Å². The van der Waals surface area contributed by atoms with Crippen LogP contribution in [0.2, 0.25) is 0 Å². The molecule has 0 heterocycles. The number of hydrogen-bond acceptors (Lipinski definition) is 2. The Bertz CT molecular complexity index is 120. The molecule has 58 valence electrons. The summed E-state index contributed by atoms with van der Waals surface area (Å²) >= 11 is 0. The molecule has 0 saturated carbocycles. The Morgan fingerprint density at radius 1 is 1.70 bits per heavy atom. The highest BCUT2D eigenvalue weighted by atomic mass is 16.3. The highest BCUT2D eigenvalue weighted by Crippen LogP contribution is 1.93. The summed E-state index contributed by atoms with van der Waals surface area (Å²) in [4.78, 5) is 4.07. The molecule has 0 aromatic heterocycles. The first kappa shape index (κ1) is 9.37. The van der Waals surface area contributed by atoms with E-state index in [2.05, 4.69) is 18.5 Å². The van der Waals surface area contributed by atoms with Gasteiger partial charge in [-0.3, -0.25) is 4.99 Å². The fourth-order valence-corrected chi connectivity index (χ4v) is 0.401. The zero-order chi connectivity index (χ0) is 7.98. The van der Waals surface area contributed by atoms with E-state index in [1.807, 2.05) is 6.92 Å². The second-order valence-corrected chi connectivity index (χ2v) is 2.28. The van der Waals surface area contributed by atoms with Gasteiger partial charge in [0.15, 0.2) is 0 Å². The van der Waals surface area contributed by atoms with Crippen LogP contribution in [0.4, 0.5) is 0 Å². The van der Waals surface area contributed by atoms with Crippen molar-refractivity contribution in [1.82, 2.24) is 0 Å². The molecular weight excluding hydrogens is 126 g/mol. The Morgan fingerprint density at radius 2 is 2.30 bits per heavy atom. The fourth-order valence-electron chi connectivity index (χ4n) is 0.401. The molecule has 0 spiro atoms. The van der Waals surface area contributed by atoms with Crippen LogP contribution < -0.4 is 0 Å². The molecular formula is C8H15NO. The lowest BCUT2D eigenvalue weighted by Crippen LogP contribution is -2.05. The minimum atomic E-state index is -0.589. The second-order valence-electron chi connectivity index (χ2n) is 2.28. The largest absolute Gasteiger partial charge is 0.383 e. The maximum atomic E-state index is 8.93. The van der Waals surface area contributed by atoms with Crippen molar-refractivity contribution in [2.24, 2.45) is 4.99 Å². The Balaban J connectivity index is 3.62. The number of hydrogen-bond donors (Lipinski definition) is 1. The van der Waals surface area contributed by atoms with Crippen molar-refractivity contribution >= 4 is 6.21 Å². The predicted octanol–water partition coefficient (Wildman–Crippen LogP) is 1.40. The molecule has 0 aromatic carbocycles. The summed E-state index contributed by atoms with van der Waals surface area (Å²) in [5, 5.41) is 8.93. The maximum Gasteiger partial charge on any atom is 0.107 e. The average molecular weight is 141 g/mol. The molecule has 1 N–H and O–H groups in total. The first-order chi connectivity index (χ1) is 4.70. The fraction of sp³-hybridized carbons (Fsp3) is 0.625. The number of aliphatic hydroxyl groups is 1. The van der Waals surface area contributed by atoms with E-state index in [1.54, 1.807) is 0 Å². The number of nitrogens with zero attached hydrogens (tertiary/aromatic N) is 1. The molecule has 2 nitrogen and oxygen atoms in total. The van der Waals surface area contributed by atoms with Gasteiger partial charge in [0.25, 0.3) is 0 Å². The lowest BCUT2D eigenvalue weighted by molar-refractivity contribution is 0.293. The predicted molar refractivity (Wildman–Crippen MR) is 44.4 cm³/mol. The molecule has 0 aliphatic heterocycles. The van der Waals surface area contributed by atoms with Crippen molar-refractivity contribution in [2.75, 3.05) is 0 Å². The van der Waals surface area contributed by atoms with Gasteiger partial charge in [0.2, 0.25) is 0 Å². The molecule has 0 aliphatic carbocycles. The maximum absolute atomic E-state index is 8.93. The summed E-state index contributed by atoms with van der Waals surface area (Å²) in [5.74, 6) is 0. The molecule has 0 rings (SSSR count). The van der Waals surface area contributed by atoms with Gasteiger partial charge in [-0.1, -0.05) is 13.0 Å². The Hall–Kier alpha value is -0.630. The van der Waals surface area contributed by atoms with Crippen molar-refractivity contribution < 1.29 is 5.11 Å². The van der Waals surface area contributed by atoms with Crippen LogP contribution in [0.3, 0.4) is 0 Å². The van der Waals surface area contributed by atoms with Gasteiger partial charge in [-0.05, 0) is 13.3 Å². The van der Waals surface area contributed by atoms with Crippen LogP contribution in [0.1, 0.15) is 20.3 Å². The van der Waals surface area contributed by atoms with E-state index in [4.69, 9.17) is 5.11 Å². The van der Waals surface area contributed by atoms with E-state index in [0.29, 0.717) is 6.04 Å². The number of aliphatic hydroxyl groups excluding tert-OH is 1. The van der Waals surface area contributed by atoms with E-state index in [0.717, 1.165) is 6.42 Å². The van der Waals surface area contributed by atoms with Gasteiger partial charge < -0.3 is 5.11 Å². The topological polar surface area (TPSA) is 32.6 Å². The lowest BCUT2D eigenvalue weighted by atomic mass is 10.3. The summed E-state index contributed by atoms with van der Waals surface area (Å²) < 4.78 is 0. The van der Waals surface area contributed by atoms with Gasteiger partial charge in [0, 0.05) is 12.3 Å². The highest BCUT2D eigenvalue weighted by molar-refractivity contribution is 5.65. The molecule has 0 aromatic rings. The van der Waals surface area contributed by atoms with E-state index in [-0.39, 0.29) is 0 Å². The molecule has 0 amide bonds. The second kappa shape index (κ2) is 5.18. The zero-order valence-corrected chi connectivity index (χ0v) is 6.62. The van der Waals surface area contributed by atoms with E-state index in [1.165, 1.54) is 12.3 Å².